The quantitative estimate of drug-likeness (QED) is 0.270. The van der Waals surface area contributed by atoms with Crippen LogP contribution < -0.4 is 4.74 Å². The molecule has 4 aromatic rings. The minimum Gasteiger partial charge on any atom is -0.493 e. The Morgan fingerprint density at radius 2 is 1.84 bits per heavy atom. The molecule has 162 valence electrons. The van der Waals surface area contributed by atoms with Gasteiger partial charge < -0.3 is 9.47 Å². The molecule has 0 aliphatic carbocycles. The summed E-state index contributed by atoms with van der Waals surface area (Å²) in [6, 6.07) is 22.7. The molecule has 5 heteroatoms. The Morgan fingerprint density at radius 1 is 1.00 bits per heavy atom. The molecule has 0 saturated carbocycles. The van der Waals surface area contributed by atoms with Gasteiger partial charge in [0.15, 0.2) is 0 Å². The number of carbonyl (C=O) groups is 1. The third-order valence-electron chi connectivity index (χ3n) is 5.13. The van der Waals surface area contributed by atoms with Crippen LogP contribution in [0.15, 0.2) is 85.2 Å². The van der Waals surface area contributed by atoms with Crippen molar-refractivity contribution < 1.29 is 14.3 Å². The number of nitrogens with zero attached hydrogens (tertiary/aromatic N) is 2. The molecule has 32 heavy (non-hydrogen) atoms. The Morgan fingerprint density at radius 3 is 2.66 bits per heavy atom. The van der Waals surface area contributed by atoms with Crippen LogP contribution in [-0.2, 0) is 22.5 Å². The number of carbonyl (C=O) groups excluding carboxylic acids is 1. The summed E-state index contributed by atoms with van der Waals surface area (Å²) in [5.74, 6) is 0.367. The second kappa shape index (κ2) is 10.4. The summed E-state index contributed by atoms with van der Waals surface area (Å²) in [7, 11) is 0. The fourth-order valence-corrected chi connectivity index (χ4v) is 3.54. The fourth-order valence-electron chi connectivity index (χ4n) is 3.54. The number of benzene rings is 3. The average molecular weight is 427 g/mol. The molecule has 3 aromatic carbocycles. The third kappa shape index (κ3) is 5.64. The number of esters is 1. The van der Waals surface area contributed by atoms with Gasteiger partial charge in [0, 0.05) is 30.5 Å². The van der Waals surface area contributed by atoms with Gasteiger partial charge >= 0.3 is 5.97 Å². The molecule has 0 unspecified atom stereocenters. The minimum atomic E-state index is -0.366. The van der Waals surface area contributed by atoms with Gasteiger partial charge in [-0.3, -0.25) is 4.68 Å². The van der Waals surface area contributed by atoms with Crippen LogP contribution in [0.4, 0.5) is 0 Å². The zero-order chi connectivity index (χ0) is 22.2. The lowest BCUT2D eigenvalue weighted by Crippen LogP contribution is -2.05. The lowest BCUT2D eigenvalue weighted by Gasteiger charge is -2.12. The van der Waals surface area contributed by atoms with Gasteiger partial charge in [-0.25, -0.2) is 4.79 Å². The number of hydrogen-bond acceptors (Lipinski definition) is 4. The molecule has 0 fully saturated rings. The van der Waals surface area contributed by atoms with Crippen LogP contribution in [0.2, 0.25) is 0 Å². The molecule has 0 aliphatic heterocycles. The van der Waals surface area contributed by atoms with Crippen molar-refractivity contribution in [1.29, 1.82) is 0 Å². The topological polar surface area (TPSA) is 53.4 Å². The van der Waals surface area contributed by atoms with E-state index in [0.717, 1.165) is 23.3 Å². The predicted molar refractivity (Wildman–Crippen MR) is 127 cm³/mol. The molecule has 0 radical (unpaired) electrons. The van der Waals surface area contributed by atoms with Crippen molar-refractivity contribution in [1.82, 2.24) is 9.78 Å². The summed E-state index contributed by atoms with van der Waals surface area (Å²) in [5, 5.41) is 6.73. The van der Waals surface area contributed by atoms with E-state index in [2.05, 4.69) is 41.5 Å². The first-order chi connectivity index (χ1) is 15.7. The van der Waals surface area contributed by atoms with Crippen LogP contribution in [0, 0.1) is 0 Å². The number of hydrogen-bond donors (Lipinski definition) is 0. The predicted octanol–water partition coefficient (Wildman–Crippen LogP) is 5.28. The molecule has 4 rings (SSSR count). The highest BCUT2D eigenvalue weighted by atomic mass is 16.5. The van der Waals surface area contributed by atoms with E-state index in [9.17, 15) is 4.79 Å². The summed E-state index contributed by atoms with van der Waals surface area (Å²) >= 11 is 0. The van der Waals surface area contributed by atoms with Gasteiger partial charge in [0.25, 0.3) is 0 Å². The van der Waals surface area contributed by atoms with Crippen molar-refractivity contribution in [3.63, 3.8) is 0 Å². The standard InChI is InChI=1S/C27H26N2O3/c1-2-31-27(30)13-12-24-11-9-22(20-29-16-5-15-28-29)19-26(24)32-17-14-21-8-10-23-6-3-4-7-25(23)18-21/h3-13,15-16,18-19H,2,14,17,20H2,1H3. The highest BCUT2D eigenvalue weighted by molar-refractivity contribution is 5.87. The van der Waals surface area contributed by atoms with Gasteiger partial charge in [-0.05, 0) is 47.0 Å². The SMILES string of the molecule is CCOC(=O)C=Cc1ccc(Cn2cccn2)cc1OCCc1ccc2ccccc2c1. The van der Waals surface area contributed by atoms with E-state index in [-0.39, 0.29) is 5.97 Å². The summed E-state index contributed by atoms with van der Waals surface area (Å²) < 4.78 is 13.0. The molecule has 5 nitrogen and oxygen atoms in total. The van der Waals surface area contributed by atoms with E-state index >= 15 is 0 Å². The zero-order valence-electron chi connectivity index (χ0n) is 18.1. The molecule has 0 saturated heterocycles. The molecule has 1 aromatic heterocycles. The van der Waals surface area contributed by atoms with Crippen LogP contribution >= 0.6 is 0 Å². The van der Waals surface area contributed by atoms with E-state index in [1.807, 2.05) is 41.2 Å². The monoisotopic (exact) mass is 426 g/mol. The average Bonchev–Trinajstić information content (AvgIpc) is 3.32. The van der Waals surface area contributed by atoms with Gasteiger partial charge in [0.1, 0.15) is 5.75 Å². The van der Waals surface area contributed by atoms with E-state index < -0.39 is 0 Å². The highest BCUT2D eigenvalue weighted by Gasteiger charge is 2.07. The van der Waals surface area contributed by atoms with Crippen molar-refractivity contribution in [2.75, 3.05) is 13.2 Å². The summed E-state index contributed by atoms with van der Waals surface area (Å²) in [6.45, 7) is 3.32. The van der Waals surface area contributed by atoms with Crippen LogP contribution in [0.25, 0.3) is 16.8 Å². The van der Waals surface area contributed by atoms with Crippen molar-refractivity contribution >= 4 is 22.8 Å². The normalized spacial score (nSPS) is 11.2. The van der Waals surface area contributed by atoms with Crippen molar-refractivity contribution in [2.24, 2.45) is 0 Å². The third-order valence-corrected chi connectivity index (χ3v) is 5.13. The molecule has 0 atom stereocenters. The van der Waals surface area contributed by atoms with Crippen LogP contribution in [0.1, 0.15) is 23.6 Å². The van der Waals surface area contributed by atoms with Gasteiger partial charge in [0.05, 0.1) is 19.8 Å². The fraction of sp³-hybridized carbons (Fsp3) is 0.185. The van der Waals surface area contributed by atoms with Crippen LogP contribution in [0.3, 0.4) is 0 Å². The number of aromatic nitrogens is 2. The maximum atomic E-state index is 11.8. The van der Waals surface area contributed by atoms with E-state index in [1.54, 1.807) is 19.2 Å². The van der Waals surface area contributed by atoms with Crippen molar-refractivity contribution in [2.45, 2.75) is 19.9 Å². The first-order valence-corrected chi connectivity index (χ1v) is 10.8. The number of ether oxygens (including phenoxy) is 2. The zero-order valence-corrected chi connectivity index (χ0v) is 18.1. The molecule has 1 heterocycles. The molecular formula is C27H26N2O3. The van der Waals surface area contributed by atoms with Gasteiger partial charge in [0.2, 0.25) is 0 Å². The number of rotatable bonds is 9. The maximum absolute atomic E-state index is 11.8. The maximum Gasteiger partial charge on any atom is 0.330 e. The molecule has 0 amide bonds. The van der Waals surface area contributed by atoms with Crippen molar-refractivity contribution in [3.8, 4) is 5.75 Å². The Labute approximate surface area is 187 Å². The number of fused-ring (bicyclic) bond motifs is 1. The summed E-state index contributed by atoms with van der Waals surface area (Å²) in [5.41, 5.74) is 3.13. The molecule has 0 spiro atoms. The second-order valence-electron chi connectivity index (χ2n) is 7.44. The Balaban J connectivity index is 1.49. The highest BCUT2D eigenvalue weighted by Crippen LogP contribution is 2.24. The first-order valence-electron chi connectivity index (χ1n) is 10.8. The van der Waals surface area contributed by atoms with Gasteiger partial charge in [-0.15, -0.1) is 0 Å². The van der Waals surface area contributed by atoms with E-state index in [4.69, 9.17) is 9.47 Å². The first kappa shape index (κ1) is 21.4. The second-order valence-corrected chi connectivity index (χ2v) is 7.44. The van der Waals surface area contributed by atoms with Gasteiger partial charge in [-0.1, -0.05) is 54.6 Å². The Hall–Kier alpha value is -3.86. The van der Waals surface area contributed by atoms with Gasteiger partial charge in [-0.2, -0.15) is 5.10 Å². The molecule has 0 N–H and O–H groups in total. The van der Waals surface area contributed by atoms with E-state index in [0.29, 0.717) is 19.8 Å². The Kier molecular flexibility index (Phi) is 6.98. The lowest BCUT2D eigenvalue weighted by molar-refractivity contribution is -0.137. The molecule has 0 aliphatic rings. The molecule has 0 bridgehead atoms. The minimum absolute atomic E-state index is 0.348. The largest absolute Gasteiger partial charge is 0.493 e. The van der Waals surface area contributed by atoms with Crippen LogP contribution in [-0.4, -0.2) is 29.0 Å². The summed E-state index contributed by atoms with van der Waals surface area (Å²) in [6.07, 6.45) is 7.64. The van der Waals surface area contributed by atoms with Crippen molar-refractivity contribution in [3.05, 3.63) is 102 Å². The summed E-state index contributed by atoms with van der Waals surface area (Å²) in [4.78, 5) is 11.8. The van der Waals surface area contributed by atoms with Crippen LogP contribution in [0.5, 0.6) is 5.75 Å². The smallest absolute Gasteiger partial charge is 0.330 e. The molecular weight excluding hydrogens is 400 g/mol. The van der Waals surface area contributed by atoms with E-state index in [1.165, 1.54) is 22.4 Å². The Bertz CT molecular complexity index is 1210. The lowest BCUT2D eigenvalue weighted by atomic mass is 10.1.